The molecular weight excluding hydrogens is 294 g/mol. The number of benzene rings is 1. The molecule has 0 bridgehead atoms. The molecule has 114 valence electrons. The summed E-state index contributed by atoms with van der Waals surface area (Å²) >= 11 is -1.70. The van der Waals surface area contributed by atoms with Crippen LogP contribution in [0.15, 0.2) is 34.3 Å². The van der Waals surface area contributed by atoms with Gasteiger partial charge in [0.15, 0.2) is 4.90 Å². The fourth-order valence-electron chi connectivity index (χ4n) is 1.95. The Bertz CT molecular complexity index is 555. The van der Waals surface area contributed by atoms with Gasteiger partial charge in [0.05, 0.1) is 6.61 Å². The zero-order valence-corrected chi connectivity index (χ0v) is 12.8. The van der Waals surface area contributed by atoms with Gasteiger partial charge in [-0.05, 0) is 26.0 Å². The average Bonchev–Trinajstić information content (AvgIpc) is 2.75. The summed E-state index contributed by atoms with van der Waals surface area (Å²) in [4.78, 5) is 17.2. The second-order valence-corrected chi connectivity index (χ2v) is 6.37. The minimum Gasteiger partial charge on any atom is -0.611 e. The Morgan fingerprint density at radius 2 is 2.14 bits per heavy atom. The molecule has 1 aromatic rings. The Kier molecular flexibility index (Phi) is 4.55. The van der Waals surface area contributed by atoms with E-state index in [2.05, 4.69) is 5.16 Å². The van der Waals surface area contributed by atoms with Gasteiger partial charge >= 0.3 is 5.97 Å². The van der Waals surface area contributed by atoms with Crippen molar-refractivity contribution in [3.63, 3.8) is 0 Å². The lowest BCUT2D eigenvalue weighted by Gasteiger charge is -2.25. The van der Waals surface area contributed by atoms with E-state index in [1.165, 1.54) is 6.92 Å². The molecular formula is C14H17NO5S. The summed E-state index contributed by atoms with van der Waals surface area (Å²) in [5, 5.41) is 12.6. The van der Waals surface area contributed by atoms with Crippen molar-refractivity contribution >= 4 is 22.9 Å². The van der Waals surface area contributed by atoms with Crippen LogP contribution in [0.25, 0.3) is 0 Å². The summed E-state index contributed by atoms with van der Waals surface area (Å²) in [5.41, 5.74) is 0.852. The number of carbonyl (C=O) groups excluding carboxylic acids is 1. The van der Waals surface area contributed by atoms with Crippen LogP contribution < -0.4 is 0 Å². The summed E-state index contributed by atoms with van der Waals surface area (Å²) in [5.74, 6) is -2.56. The van der Waals surface area contributed by atoms with Crippen molar-refractivity contribution in [2.24, 2.45) is 5.16 Å². The van der Waals surface area contributed by atoms with Crippen molar-refractivity contribution in [3.05, 3.63) is 29.8 Å². The molecule has 1 aromatic carbocycles. The molecule has 6 nitrogen and oxygen atoms in total. The van der Waals surface area contributed by atoms with Gasteiger partial charge < -0.3 is 19.2 Å². The molecule has 21 heavy (non-hydrogen) atoms. The highest BCUT2D eigenvalue weighted by Gasteiger charge is 2.55. The fourth-order valence-corrected chi connectivity index (χ4v) is 3.41. The monoisotopic (exact) mass is 311 g/mol. The predicted molar refractivity (Wildman–Crippen MR) is 77.2 cm³/mol. The van der Waals surface area contributed by atoms with E-state index in [1.54, 1.807) is 31.2 Å². The molecule has 0 spiro atoms. The first-order valence-corrected chi connectivity index (χ1v) is 7.71. The third-order valence-electron chi connectivity index (χ3n) is 3.02. The predicted octanol–water partition coefficient (Wildman–Crippen LogP) is 1.13. The first-order valence-electron chi connectivity index (χ1n) is 6.49. The standard InChI is InChI=1S/C14H17NO5S/c1-4-19-13(16)11-12(14(3,17)20-15-11)21(18)10-7-5-9(2)6-8-10/h5-8,12,17H,4H2,1-3H3/t12?,14?,21-/m0/s1. The van der Waals surface area contributed by atoms with E-state index in [4.69, 9.17) is 9.57 Å². The second-order valence-electron chi connectivity index (χ2n) is 4.83. The number of nitrogens with zero attached hydrogens (tertiary/aromatic N) is 1. The van der Waals surface area contributed by atoms with Crippen molar-refractivity contribution < 1.29 is 24.0 Å². The Balaban J connectivity index is 2.30. The maximum Gasteiger partial charge on any atom is 0.361 e. The van der Waals surface area contributed by atoms with Crippen molar-refractivity contribution in [3.8, 4) is 0 Å². The minimum atomic E-state index is -1.82. The number of oxime groups is 1. The normalized spacial score (nSPS) is 26.0. The van der Waals surface area contributed by atoms with E-state index in [0.29, 0.717) is 4.90 Å². The van der Waals surface area contributed by atoms with E-state index in [1.807, 2.05) is 6.92 Å². The van der Waals surface area contributed by atoms with Crippen LogP contribution in [0, 0.1) is 6.92 Å². The number of hydrogen-bond donors (Lipinski definition) is 1. The molecule has 0 saturated carbocycles. The van der Waals surface area contributed by atoms with E-state index in [-0.39, 0.29) is 12.3 Å². The number of ether oxygens (including phenoxy) is 1. The molecule has 1 aliphatic rings. The van der Waals surface area contributed by atoms with Crippen LogP contribution in [-0.4, -0.2) is 39.0 Å². The lowest BCUT2D eigenvalue weighted by atomic mass is 10.1. The first kappa shape index (κ1) is 15.8. The number of hydrogen-bond acceptors (Lipinski definition) is 6. The number of carbonyl (C=O) groups is 1. The molecule has 0 aliphatic carbocycles. The third kappa shape index (κ3) is 3.20. The van der Waals surface area contributed by atoms with Crippen molar-refractivity contribution in [1.82, 2.24) is 0 Å². The molecule has 1 aliphatic heterocycles. The van der Waals surface area contributed by atoms with Crippen LogP contribution in [0.4, 0.5) is 0 Å². The van der Waals surface area contributed by atoms with Crippen molar-refractivity contribution in [1.29, 1.82) is 0 Å². The molecule has 1 N–H and O–H groups in total. The van der Waals surface area contributed by atoms with Gasteiger partial charge in [-0.2, -0.15) is 0 Å². The van der Waals surface area contributed by atoms with Gasteiger partial charge in [0.25, 0.3) is 5.79 Å². The third-order valence-corrected chi connectivity index (χ3v) is 4.84. The SMILES string of the molecule is CCOC(=O)C1=NOC(C)(O)C1[S@@+]([O-])c1ccc(C)cc1. The zero-order valence-electron chi connectivity index (χ0n) is 12.0. The topological polar surface area (TPSA) is 91.2 Å². The molecule has 2 rings (SSSR count). The Hall–Kier alpha value is -1.57. The van der Waals surface area contributed by atoms with Gasteiger partial charge in [-0.25, -0.2) is 4.79 Å². The van der Waals surface area contributed by atoms with Crippen LogP contribution in [0.1, 0.15) is 19.4 Å². The smallest absolute Gasteiger partial charge is 0.361 e. The highest BCUT2D eigenvalue weighted by molar-refractivity contribution is 7.93. The van der Waals surface area contributed by atoms with Gasteiger partial charge in [-0.1, -0.05) is 22.9 Å². The van der Waals surface area contributed by atoms with Crippen LogP contribution in [0.5, 0.6) is 0 Å². The first-order chi connectivity index (χ1) is 9.86. The summed E-state index contributed by atoms with van der Waals surface area (Å²) in [6.45, 7) is 5.04. The maximum absolute atomic E-state index is 12.7. The molecule has 1 heterocycles. The van der Waals surface area contributed by atoms with E-state index >= 15 is 0 Å². The summed E-state index contributed by atoms with van der Waals surface area (Å²) in [6, 6.07) is 6.98. The van der Waals surface area contributed by atoms with E-state index in [0.717, 1.165) is 5.56 Å². The lowest BCUT2D eigenvalue weighted by molar-refractivity contribution is -0.167. The Morgan fingerprint density at radius 3 is 2.71 bits per heavy atom. The summed E-state index contributed by atoms with van der Waals surface area (Å²) < 4.78 is 17.5. The van der Waals surface area contributed by atoms with Crippen LogP contribution in [0.2, 0.25) is 0 Å². The molecule has 7 heteroatoms. The second kappa shape index (κ2) is 6.05. The Morgan fingerprint density at radius 1 is 1.52 bits per heavy atom. The van der Waals surface area contributed by atoms with Crippen LogP contribution in [0.3, 0.4) is 0 Å². The number of rotatable bonds is 4. The van der Waals surface area contributed by atoms with Gasteiger partial charge in [0.1, 0.15) is 0 Å². The van der Waals surface area contributed by atoms with Crippen LogP contribution >= 0.6 is 0 Å². The van der Waals surface area contributed by atoms with E-state index in [9.17, 15) is 14.5 Å². The zero-order chi connectivity index (χ0) is 15.6. The van der Waals surface area contributed by atoms with Crippen molar-refractivity contribution in [2.75, 3.05) is 6.61 Å². The maximum atomic E-state index is 12.7. The summed E-state index contributed by atoms with van der Waals surface area (Å²) in [6.07, 6.45) is 0. The number of esters is 1. The molecule has 0 aromatic heterocycles. The summed E-state index contributed by atoms with van der Waals surface area (Å²) in [7, 11) is 0. The van der Waals surface area contributed by atoms with Gasteiger partial charge in [-0.3, -0.25) is 0 Å². The number of aliphatic hydroxyl groups is 1. The highest BCUT2D eigenvalue weighted by Crippen LogP contribution is 2.32. The molecule has 3 atom stereocenters. The van der Waals surface area contributed by atoms with Gasteiger partial charge in [0.2, 0.25) is 11.0 Å². The van der Waals surface area contributed by atoms with Gasteiger partial charge in [-0.15, -0.1) is 0 Å². The number of aryl methyl sites for hydroxylation is 1. The highest BCUT2D eigenvalue weighted by atomic mass is 32.2. The average molecular weight is 311 g/mol. The molecule has 0 radical (unpaired) electrons. The molecule has 2 unspecified atom stereocenters. The van der Waals surface area contributed by atoms with E-state index < -0.39 is 28.2 Å². The molecule has 0 saturated heterocycles. The van der Waals surface area contributed by atoms with Crippen LogP contribution in [-0.2, 0) is 25.5 Å². The minimum absolute atomic E-state index is 0.157. The largest absolute Gasteiger partial charge is 0.611 e. The Labute approximate surface area is 125 Å². The van der Waals surface area contributed by atoms with Crippen molar-refractivity contribution in [2.45, 2.75) is 36.7 Å². The van der Waals surface area contributed by atoms with Gasteiger partial charge in [0, 0.05) is 18.1 Å². The lowest BCUT2D eigenvalue weighted by Crippen LogP contribution is -2.48. The fraction of sp³-hybridized carbons (Fsp3) is 0.429. The molecule has 0 fully saturated rings. The molecule has 0 amide bonds. The quantitative estimate of drug-likeness (QED) is 0.665.